The van der Waals surface area contributed by atoms with Crippen LogP contribution in [0.4, 0.5) is 5.82 Å². The normalized spacial score (nSPS) is 17.6. The Morgan fingerprint density at radius 2 is 1.81 bits per heavy atom. The predicted octanol–water partition coefficient (Wildman–Crippen LogP) is 3.75. The van der Waals surface area contributed by atoms with Gasteiger partial charge in [0.05, 0.1) is 31.4 Å². The summed E-state index contributed by atoms with van der Waals surface area (Å²) >= 11 is 0. The molecule has 2 aliphatic rings. The number of hydrogen-bond donors (Lipinski definition) is 2. The number of carbonyl (C=O) groups is 1. The second-order valence-electron chi connectivity index (χ2n) is 7.71. The summed E-state index contributed by atoms with van der Waals surface area (Å²) in [5.74, 6) is 1.37. The zero-order chi connectivity index (χ0) is 21.5. The molecule has 0 spiro atoms. The third-order valence-corrected chi connectivity index (χ3v) is 6.00. The van der Waals surface area contributed by atoms with Gasteiger partial charge >= 0.3 is 0 Å². The van der Waals surface area contributed by atoms with Gasteiger partial charge < -0.3 is 14.8 Å². The van der Waals surface area contributed by atoms with Crippen molar-refractivity contribution in [2.24, 2.45) is 0 Å². The molecule has 158 valence electrons. The van der Waals surface area contributed by atoms with Gasteiger partial charge in [0, 0.05) is 23.3 Å². The number of allylic oxidation sites excluding steroid dienone is 2. The average Bonchev–Trinajstić information content (AvgIpc) is 3.14. The predicted molar refractivity (Wildman–Crippen MR) is 117 cm³/mol. The maximum Gasteiger partial charge on any atom is 0.277 e. The number of methoxy groups -OCH3 is 2. The molecule has 1 aliphatic carbocycles. The van der Waals surface area contributed by atoms with Crippen LogP contribution in [-0.2, 0) is 4.79 Å². The quantitative estimate of drug-likeness (QED) is 0.675. The lowest BCUT2D eigenvalue weighted by atomic mass is 9.76. The van der Waals surface area contributed by atoms with Crippen molar-refractivity contribution >= 4 is 11.6 Å². The van der Waals surface area contributed by atoms with Gasteiger partial charge in [0.25, 0.3) is 5.56 Å². The summed E-state index contributed by atoms with van der Waals surface area (Å²) in [5, 5.41) is 6.54. The maximum absolute atomic E-state index is 13.6. The van der Waals surface area contributed by atoms with Gasteiger partial charge in [0.15, 0.2) is 5.78 Å². The van der Waals surface area contributed by atoms with Crippen molar-refractivity contribution in [3.05, 3.63) is 81.3 Å². The van der Waals surface area contributed by atoms with E-state index in [9.17, 15) is 9.59 Å². The monoisotopic (exact) mass is 417 g/mol. The summed E-state index contributed by atoms with van der Waals surface area (Å²) in [5.41, 5.74) is 3.27. The third kappa shape index (κ3) is 3.04. The SMILES string of the molecule is COc1ccc(OC)c(C2C3=C(CCCC3=O)Nc3[nH]n(-c4ccccc4)c(=O)c32)c1. The molecule has 3 aromatic rings. The number of rotatable bonds is 4. The summed E-state index contributed by atoms with van der Waals surface area (Å²) in [6.45, 7) is 0. The minimum atomic E-state index is -0.544. The second kappa shape index (κ2) is 7.50. The maximum atomic E-state index is 13.6. The molecule has 0 fully saturated rings. The zero-order valence-corrected chi connectivity index (χ0v) is 17.4. The van der Waals surface area contributed by atoms with Gasteiger partial charge in [0.1, 0.15) is 17.3 Å². The van der Waals surface area contributed by atoms with E-state index in [0.29, 0.717) is 34.9 Å². The molecule has 1 aliphatic heterocycles. The largest absolute Gasteiger partial charge is 0.497 e. The molecular formula is C24H23N3O4. The molecule has 7 nitrogen and oxygen atoms in total. The van der Waals surface area contributed by atoms with E-state index in [1.165, 1.54) is 4.68 Å². The van der Waals surface area contributed by atoms with Crippen LogP contribution in [0.25, 0.3) is 5.69 Å². The van der Waals surface area contributed by atoms with E-state index in [0.717, 1.165) is 29.8 Å². The summed E-state index contributed by atoms with van der Waals surface area (Å²) in [6.07, 6.45) is 2.00. The minimum Gasteiger partial charge on any atom is -0.497 e. The van der Waals surface area contributed by atoms with Crippen LogP contribution in [0.15, 0.2) is 64.6 Å². The number of ether oxygens (including phenoxy) is 2. The number of carbonyl (C=O) groups excluding carboxylic acids is 1. The number of Topliss-reactive ketones (excluding diaryl/α,β-unsaturated/α-hetero) is 1. The third-order valence-electron chi connectivity index (χ3n) is 6.00. The molecule has 5 rings (SSSR count). The molecule has 0 saturated carbocycles. The van der Waals surface area contributed by atoms with E-state index in [1.807, 2.05) is 48.5 Å². The van der Waals surface area contributed by atoms with Crippen molar-refractivity contribution in [2.45, 2.75) is 25.2 Å². The molecule has 0 radical (unpaired) electrons. The Bertz CT molecular complexity index is 1250. The zero-order valence-electron chi connectivity index (χ0n) is 17.4. The molecule has 0 amide bonds. The first-order valence-electron chi connectivity index (χ1n) is 10.3. The number of ketones is 1. The number of nitrogens with one attached hydrogen (secondary N) is 2. The molecule has 0 saturated heterocycles. The van der Waals surface area contributed by atoms with Crippen molar-refractivity contribution in [1.29, 1.82) is 0 Å². The number of para-hydroxylation sites is 1. The van der Waals surface area contributed by atoms with Crippen molar-refractivity contribution in [3.8, 4) is 17.2 Å². The number of benzene rings is 2. The van der Waals surface area contributed by atoms with Gasteiger partial charge in [-0.05, 0) is 43.2 Å². The molecule has 0 bridgehead atoms. The molecule has 7 heteroatoms. The fourth-order valence-corrected chi connectivity index (χ4v) is 4.57. The van der Waals surface area contributed by atoms with Crippen molar-refractivity contribution in [3.63, 3.8) is 0 Å². The lowest BCUT2D eigenvalue weighted by molar-refractivity contribution is -0.116. The lowest BCUT2D eigenvalue weighted by Crippen LogP contribution is -2.30. The highest BCUT2D eigenvalue weighted by Crippen LogP contribution is 2.46. The van der Waals surface area contributed by atoms with Gasteiger partial charge in [-0.2, -0.15) is 0 Å². The highest BCUT2D eigenvalue weighted by Gasteiger charge is 2.40. The second-order valence-corrected chi connectivity index (χ2v) is 7.71. The Morgan fingerprint density at radius 3 is 2.55 bits per heavy atom. The fourth-order valence-electron chi connectivity index (χ4n) is 4.57. The summed E-state index contributed by atoms with van der Waals surface area (Å²) in [6, 6.07) is 14.9. The van der Waals surface area contributed by atoms with Gasteiger partial charge in [-0.15, -0.1) is 0 Å². The standard InChI is InChI=1S/C24H23N3O4/c1-30-15-11-12-19(31-2)16(13-15)20-21-17(9-6-10-18(21)28)25-23-22(20)24(29)27(26-23)14-7-4-3-5-8-14/h3-5,7-8,11-13,20,25-26H,6,9-10H2,1-2H3. The van der Waals surface area contributed by atoms with Crippen LogP contribution in [-0.4, -0.2) is 29.8 Å². The minimum absolute atomic E-state index is 0.0566. The molecule has 2 N–H and O–H groups in total. The first-order valence-corrected chi connectivity index (χ1v) is 10.3. The van der Waals surface area contributed by atoms with Gasteiger partial charge in [-0.3, -0.25) is 14.7 Å². The van der Waals surface area contributed by atoms with Crippen LogP contribution >= 0.6 is 0 Å². The molecular weight excluding hydrogens is 394 g/mol. The van der Waals surface area contributed by atoms with E-state index < -0.39 is 5.92 Å². The Kier molecular flexibility index (Phi) is 4.66. The van der Waals surface area contributed by atoms with Crippen molar-refractivity contribution in [2.75, 3.05) is 19.5 Å². The number of aromatic amines is 1. The average molecular weight is 417 g/mol. The molecule has 1 unspecified atom stereocenters. The van der Waals surface area contributed by atoms with Crippen molar-refractivity contribution in [1.82, 2.24) is 9.78 Å². The number of fused-ring (bicyclic) bond motifs is 1. The summed E-state index contributed by atoms with van der Waals surface area (Å²) in [4.78, 5) is 26.7. The molecule has 1 atom stereocenters. The highest BCUT2D eigenvalue weighted by atomic mass is 16.5. The van der Waals surface area contributed by atoms with Gasteiger partial charge in [0.2, 0.25) is 0 Å². The Morgan fingerprint density at radius 1 is 1.00 bits per heavy atom. The summed E-state index contributed by atoms with van der Waals surface area (Å²) in [7, 11) is 3.18. The Hall–Kier alpha value is -3.74. The van der Waals surface area contributed by atoms with Crippen molar-refractivity contribution < 1.29 is 14.3 Å². The van der Waals surface area contributed by atoms with Gasteiger partial charge in [-0.1, -0.05) is 18.2 Å². The van der Waals surface area contributed by atoms with E-state index in [4.69, 9.17) is 9.47 Å². The number of anilines is 1. The summed E-state index contributed by atoms with van der Waals surface area (Å²) < 4.78 is 12.6. The van der Waals surface area contributed by atoms with Crippen LogP contribution in [0.5, 0.6) is 11.5 Å². The van der Waals surface area contributed by atoms with E-state index in [1.54, 1.807) is 14.2 Å². The van der Waals surface area contributed by atoms with Crippen LogP contribution in [0.1, 0.15) is 36.3 Å². The Balaban J connectivity index is 1.79. The number of aromatic nitrogens is 2. The smallest absolute Gasteiger partial charge is 0.277 e. The number of H-pyrrole nitrogens is 1. The number of nitrogens with zero attached hydrogens (tertiary/aromatic N) is 1. The fraction of sp³-hybridized carbons (Fsp3) is 0.250. The molecule has 2 aromatic carbocycles. The van der Waals surface area contributed by atoms with Gasteiger partial charge in [-0.25, -0.2) is 4.68 Å². The molecule has 2 heterocycles. The van der Waals surface area contributed by atoms with E-state index in [2.05, 4.69) is 10.4 Å². The topological polar surface area (TPSA) is 85.3 Å². The first kappa shape index (κ1) is 19.2. The first-order chi connectivity index (χ1) is 15.1. The van der Waals surface area contributed by atoms with Crippen LogP contribution in [0, 0.1) is 0 Å². The highest BCUT2D eigenvalue weighted by molar-refractivity contribution is 6.01. The van der Waals surface area contributed by atoms with Crippen LogP contribution in [0.3, 0.4) is 0 Å². The Labute approximate surface area is 179 Å². The van der Waals surface area contributed by atoms with E-state index in [-0.39, 0.29) is 11.3 Å². The van der Waals surface area contributed by atoms with Crippen LogP contribution in [0.2, 0.25) is 0 Å². The molecule has 1 aromatic heterocycles. The van der Waals surface area contributed by atoms with Crippen LogP contribution < -0.4 is 20.3 Å². The number of hydrogen-bond acceptors (Lipinski definition) is 5. The molecule has 31 heavy (non-hydrogen) atoms. The van der Waals surface area contributed by atoms with E-state index >= 15 is 0 Å². The lowest BCUT2D eigenvalue weighted by Gasteiger charge is -2.32.